The van der Waals surface area contributed by atoms with E-state index in [2.05, 4.69) is 29.6 Å². The van der Waals surface area contributed by atoms with Crippen molar-refractivity contribution in [3.63, 3.8) is 0 Å². The number of anilines is 1. The van der Waals surface area contributed by atoms with Crippen molar-refractivity contribution in [2.45, 2.75) is 19.3 Å². The Balaban J connectivity index is 1.24. The number of carbonyl (C=O) groups is 2. The van der Waals surface area contributed by atoms with Gasteiger partial charge < -0.3 is 10.1 Å². The Morgan fingerprint density at radius 1 is 0.857 bits per heavy atom. The molecule has 2 aliphatic carbocycles. The molecule has 5 rings (SSSR count). The Labute approximate surface area is 163 Å². The van der Waals surface area contributed by atoms with Crippen molar-refractivity contribution >= 4 is 17.4 Å². The molecule has 4 nitrogen and oxygen atoms in total. The number of benzene rings is 3. The van der Waals surface area contributed by atoms with E-state index in [9.17, 15) is 9.59 Å². The molecule has 0 saturated carbocycles. The van der Waals surface area contributed by atoms with Crippen LogP contribution in [0.2, 0.25) is 0 Å². The summed E-state index contributed by atoms with van der Waals surface area (Å²) < 4.78 is 5.59. The number of rotatable bonds is 4. The molecule has 0 radical (unpaired) electrons. The summed E-state index contributed by atoms with van der Waals surface area (Å²) in [6.07, 6.45) is 2.23. The van der Waals surface area contributed by atoms with Crippen LogP contribution in [0.15, 0.2) is 60.7 Å². The molecule has 138 valence electrons. The molecule has 0 aliphatic heterocycles. The average molecular weight is 369 g/mol. The fourth-order valence-corrected chi connectivity index (χ4v) is 4.07. The second-order valence-electron chi connectivity index (χ2n) is 7.28. The predicted molar refractivity (Wildman–Crippen MR) is 108 cm³/mol. The van der Waals surface area contributed by atoms with E-state index < -0.39 is 0 Å². The third-order valence-corrected chi connectivity index (χ3v) is 5.45. The monoisotopic (exact) mass is 369 g/mol. The molecule has 0 bridgehead atoms. The molecule has 3 aromatic carbocycles. The van der Waals surface area contributed by atoms with Crippen LogP contribution >= 0.6 is 0 Å². The van der Waals surface area contributed by atoms with Gasteiger partial charge in [-0.15, -0.1) is 0 Å². The summed E-state index contributed by atoms with van der Waals surface area (Å²) in [5.41, 5.74) is 7.58. The third-order valence-electron chi connectivity index (χ3n) is 5.45. The van der Waals surface area contributed by atoms with Gasteiger partial charge in [0.25, 0.3) is 5.91 Å². The number of Topliss-reactive ketones (excluding diaryl/α,β-unsaturated/α-hetero) is 1. The molecule has 0 saturated heterocycles. The van der Waals surface area contributed by atoms with E-state index in [1.165, 1.54) is 22.3 Å². The first-order valence-corrected chi connectivity index (χ1v) is 9.47. The fraction of sp³-hybridized carbons (Fsp3) is 0.167. The van der Waals surface area contributed by atoms with Crippen LogP contribution in [0.3, 0.4) is 0 Å². The number of ketones is 1. The molecule has 0 heterocycles. The fourth-order valence-electron chi connectivity index (χ4n) is 4.07. The Morgan fingerprint density at radius 3 is 2.64 bits per heavy atom. The van der Waals surface area contributed by atoms with Gasteiger partial charge in [0.1, 0.15) is 5.75 Å². The molecule has 0 fully saturated rings. The molecular weight excluding hydrogens is 350 g/mol. The standard InChI is InChI=1S/C24H19NO3/c26-23-10-6-15-5-8-19(13-22(15)23)28-14-24(27)25-18-7-9-21-17(12-18)11-16-3-1-2-4-20(16)21/h1-5,7-9,12-13H,6,10-11,14H2,(H,25,27). The van der Waals surface area contributed by atoms with Crippen molar-refractivity contribution < 1.29 is 14.3 Å². The largest absolute Gasteiger partial charge is 0.484 e. The summed E-state index contributed by atoms with van der Waals surface area (Å²) in [6.45, 7) is -0.0930. The van der Waals surface area contributed by atoms with Crippen LogP contribution in [-0.4, -0.2) is 18.3 Å². The maximum Gasteiger partial charge on any atom is 0.262 e. The van der Waals surface area contributed by atoms with E-state index in [0.717, 1.165) is 29.7 Å². The third kappa shape index (κ3) is 2.97. The highest BCUT2D eigenvalue weighted by molar-refractivity contribution is 6.00. The maximum absolute atomic E-state index is 12.3. The van der Waals surface area contributed by atoms with E-state index in [-0.39, 0.29) is 18.3 Å². The number of aryl methyl sites for hydroxylation is 1. The molecule has 28 heavy (non-hydrogen) atoms. The first-order chi connectivity index (χ1) is 13.7. The Hall–Kier alpha value is -3.40. The van der Waals surface area contributed by atoms with Crippen LogP contribution in [0.1, 0.15) is 33.5 Å². The minimum absolute atomic E-state index is 0.0930. The number of hydrogen-bond donors (Lipinski definition) is 1. The Bertz CT molecular complexity index is 1120. The lowest BCUT2D eigenvalue weighted by molar-refractivity contribution is -0.118. The minimum atomic E-state index is -0.220. The summed E-state index contributed by atoms with van der Waals surface area (Å²) in [5, 5.41) is 2.90. The van der Waals surface area contributed by atoms with Crippen molar-refractivity contribution in [3.05, 3.63) is 82.9 Å². The number of carbonyl (C=O) groups excluding carboxylic acids is 2. The molecule has 0 aromatic heterocycles. The Morgan fingerprint density at radius 2 is 1.71 bits per heavy atom. The van der Waals surface area contributed by atoms with Crippen molar-refractivity contribution in [2.24, 2.45) is 0 Å². The van der Waals surface area contributed by atoms with E-state index in [1.54, 1.807) is 6.07 Å². The van der Waals surface area contributed by atoms with Gasteiger partial charge in [0.15, 0.2) is 12.4 Å². The van der Waals surface area contributed by atoms with Gasteiger partial charge in [-0.25, -0.2) is 0 Å². The lowest BCUT2D eigenvalue weighted by Crippen LogP contribution is -2.20. The molecule has 1 N–H and O–H groups in total. The van der Waals surface area contributed by atoms with Crippen LogP contribution in [-0.2, 0) is 17.6 Å². The highest BCUT2D eigenvalue weighted by Crippen LogP contribution is 2.37. The zero-order valence-corrected chi connectivity index (χ0v) is 15.3. The number of hydrogen-bond acceptors (Lipinski definition) is 3. The van der Waals surface area contributed by atoms with E-state index in [4.69, 9.17) is 4.74 Å². The predicted octanol–water partition coefficient (Wildman–Crippen LogP) is 4.40. The van der Waals surface area contributed by atoms with E-state index in [0.29, 0.717) is 12.2 Å². The van der Waals surface area contributed by atoms with Gasteiger partial charge in [-0.05, 0) is 64.9 Å². The number of amides is 1. The van der Waals surface area contributed by atoms with Gasteiger partial charge >= 0.3 is 0 Å². The number of fused-ring (bicyclic) bond motifs is 4. The van der Waals surface area contributed by atoms with Gasteiger partial charge in [0.05, 0.1) is 0 Å². The highest BCUT2D eigenvalue weighted by Gasteiger charge is 2.20. The van der Waals surface area contributed by atoms with Gasteiger partial charge in [0.2, 0.25) is 0 Å². The topological polar surface area (TPSA) is 55.4 Å². The minimum Gasteiger partial charge on any atom is -0.484 e. The molecule has 4 heteroatoms. The zero-order valence-electron chi connectivity index (χ0n) is 15.3. The first kappa shape index (κ1) is 16.8. The summed E-state index contributed by atoms with van der Waals surface area (Å²) in [5.74, 6) is 0.472. The van der Waals surface area contributed by atoms with E-state index in [1.807, 2.05) is 30.3 Å². The van der Waals surface area contributed by atoms with Crippen LogP contribution in [0.25, 0.3) is 11.1 Å². The maximum atomic E-state index is 12.3. The highest BCUT2D eigenvalue weighted by atomic mass is 16.5. The van der Waals surface area contributed by atoms with Crippen molar-refractivity contribution in [3.8, 4) is 16.9 Å². The summed E-state index contributed by atoms with van der Waals surface area (Å²) in [4.78, 5) is 24.1. The Kier molecular flexibility index (Phi) is 3.97. The molecule has 2 aliphatic rings. The SMILES string of the molecule is O=C(COc1ccc2c(c1)C(=O)CC2)Nc1ccc2c(c1)Cc1ccccc1-2. The zero-order chi connectivity index (χ0) is 19.1. The second kappa shape index (κ2) is 6.64. The smallest absolute Gasteiger partial charge is 0.262 e. The normalized spacial score (nSPS) is 13.6. The summed E-state index contributed by atoms with van der Waals surface area (Å²) >= 11 is 0. The van der Waals surface area contributed by atoms with Crippen molar-refractivity contribution in [1.29, 1.82) is 0 Å². The van der Waals surface area contributed by atoms with Crippen LogP contribution < -0.4 is 10.1 Å². The van der Waals surface area contributed by atoms with Gasteiger partial charge in [-0.3, -0.25) is 9.59 Å². The lowest BCUT2D eigenvalue weighted by Gasteiger charge is -2.10. The quantitative estimate of drug-likeness (QED) is 0.580. The summed E-state index contributed by atoms with van der Waals surface area (Å²) in [6, 6.07) is 19.9. The molecule has 0 spiro atoms. The van der Waals surface area contributed by atoms with Crippen molar-refractivity contribution in [2.75, 3.05) is 11.9 Å². The lowest BCUT2D eigenvalue weighted by atomic mass is 10.1. The van der Waals surface area contributed by atoms with Crippen LogP contribution in [0, 0.1) is 0 Å². The molecule has 0 unspecified atom stereocenters. The molecular formula is C24H19NO3. The summed E-state index contributed by atoms with van der Waals surface area (Å²) in [7, 11) is 0. The first-order valence-electron chi connectivity index (χ1n) is 9.47. The molecule has 0 atom stereocenters. The van der Waals surface area contributed by atoms with Crippen LogP contribution in [0.4, 0.5) is 5.69 Å². The number of nitrogens with one attached hydrogen (secondary N) is 1. The van der Waals surface area contributed by atoms with Gasteiger partial charge in [0, 0.05) is 17.7 Å². The van der Waals surface area contributed by atoms with Gasteiger partial charge in [-0.1, -0.05) is 36.4 Å². The number of ether oxygens (including phenoxy) is 1. The van der Waals surface area contributed by atoms with E-state index >= 15 is 0 Å². The molecule has 3 aromatic rings. The van der Waals surface area contributed by atoms with Crippen LogP contribution in [0.5, 0.6) is 5.75 Å². The van der Waals surface area contributed by atoms with Gasteiger partial charge in [-0.2, -0.15) is 0 Å². The second-order valence-corrected chi connectivity index (χ2v) is 7.28. The average Bonchev–Trinajstić information content (AvgIpc) is 3.26. The molecule has 1 amide bonds. The van der Waals surface area contributed by atoms with Crippen molar-refractivity contribution in [1.82, 2.24) is 0 Å².